The van der Waals surface area contributed by atoms with Crippen molar-refractivity contribution in [1.82, 2.24) is 0 Å². The lowest BCUT2D eigenvalue weighted by Gasteiger charge is -2.06. The van der Waals surface area contributed by atoms with Gasteiger partial charge in [0.15, 0.2) is 11.6 Å². The maximum absolute atomic E-state index is 13.2. The summed E-state index contributed by atoms with van der Waals surface area (Å²) >= 11 is 0. The Morgan fingerprint density at radius 1 is 1.05 bits per heavy atom. The molecule has 0 unspecified atom stereocenters. The number of halogens is 2. The Labute approximate surface area is 109 Å². The Kier molecular flexibility index (Phi) is 3.60. The molecule has 0 saturated heterocycles. The lowest BCUT2D eigenvalue weighted by Crippen LogP contribution is -2.10. The van der Waals surface area contributed by atoms with E-state index in [9.17, 15) is 13.6 Å². The summed E-state index contributed by atoms with van der Waals surface area (Å²) in [5.74, 6) is -2.37. The Morgan fingerprint density at radius 2 is 1.68 bits per heavy atom. The third-order valence-corrected chi connectivity index (χ3v) is 2.68. The summed E-state index contributed by atoms with van der Waals surface area (Å²) in [5, 5.41) is 0. The van der Waals surface area contributed by atoms with Gasteiger partial charge in [-0.25, -0.2) is 13.6 Å². The van der Waals surface area contributed by atoms with Gasteiger partial charge in [0.1, 0.15) is 5.75 Å². The molecule has 0 N–H and O–H groups in total. The molecule has 2 aromatic carbocycles. The first-order valence-electron chi connectivity index (χ1n) is 5.72. The highest BCUT2D eigenvalue weighted by Gasteiger charge is 2.14. The number of carbonyl (C=O) groups excluding carboxylic acids is 1. The minimum absolute atomic E-state index is 0.0167. The highest BCUT2D eigenvalue weighted by Crippen LogP contribution is 2.17. The lowest BCUT2D eigenvalue weighted by molar-refractivity contribution is 0.0734. The van der Waals surface area contributed by atoms with E-state index in [0.29, 0.717) is 5.75 Å². The zero-order valence-electron chi connectivity index (χ0n) is 10.5. The van der Waals surface area contributed by atoms with Gasteiger partial charge in [-0.05, 0) is 43.7 Å². The van der Waals surface area contributed by atoms with Crippen molar-refractivity contribution in [2.75, 3.05) is 0 Å². The minimum Gasteiger partial charge on any atom is -0.423 e. The van der Waals surface area contributed by atoms with Gasteiger partial charge in [0.05, 0.1) is 5.56 Å². The average molecular weight is 262 g/mol. The Balaban J connectivity index is 2.23. The summed E-state index contributed by atoms with van der Waals surface area (Å²) in [7, 11) is 0. The smallest absolute Gasteiger partial charge is 0.343 e. The van der Waals surface area contributed by atoms with Crippen LogP contribution < -0.4 is 4.74 Å². The second-order valence-electron chi connectivity index (χ2n) is 4.29. The van der Waals surface area contributed by atoms with Crippen LogP contribution in [0.2, 0.25) is 0 Å². The summed E-state index contributed by atoms with van der Waals surface area (Å²) in [6.45, 7) is 3.30. The van der Waals surface area contributed by atoms with Crippen molar-refractivity contribution in [3.05, 3.63) is 64.7 Å². The SMILES string of the molecule is Cc1ccc(OC(=O)c2cc(C)c(F)c(F)c2)cc1. The zero-order chi connectivity index (χ0) is 14.0. The Morgan fingerprint density at radius 3 is 2.26 bits per heavy atom. The van der Waals surface area contributed by atoms with Crippen LogP contribution in [0.1, 0.15) is 21.5 Å². The summed E-state index contributed by atoms with van der Waals surface area (Å²) in [6, 6.07) is 8.95. The maximum Gasteiger partial charge on any atom is 0.343 e. The predicted molar refractivity (Wildman–Crippen MR) is 67.2 cm³/mol. The molecule has 0 amide bonds. The number of hydrogen-bond acceptors (Lipinski definition) is 2. The number of carbonyl (C=O) groups is 1. The molecule has 0 bridgehead atoms. The number of rotatable bonds is 2. The fourth-order valence-electron chi connectivity index (χ4n) is 1.62. The first kappa shape index (κ1) is 13.2. The van der Waals surface area contributed by atoms with Crippen molar-refractivity contribution in [2.24, 2.45) is 0 Å². The van der Waals surface area contributed by atoms with Crippen LogP contribution in [0.3, 0.4) is 0 Å². The molecule has 19 heavy (non-hydrogen) atoms. The summed E-state index contributed by atoms with van der Waals surface area (Å²) < 4.78 is 31.4. The highest BCUT2D eigenvalue weighted by molar-refractivity contribution is 5.91. The van der Waals surface area contributed by atoms with Crippen LogP contribution in [-0.2, 0) is 0 Å². The van der Waals surface area contributed by atoms with Crippen LogP contribution in [-0.4, -0.2) is 5.97 Å². The van der Waals surface area contributed by atoms with E-state index < -0.39 is 17.6 Å². The van der Waals surface area contributed by atoms with E-state index in [2.05, 4.69) is 0 Å². The number of ether oxygens (including phenoxy) is 1. The molecule has 0 saturated carbocycles. The van der Waals surface area contributed by atoms with Crippen LogP contribution in [0.4, 0.5) is 8.78 Å². The van der Waals surface area contributed by atoms with Gasteiger partial charge in [-0.15, -0.1) is 0 Å². The zero-order valence-corrected chi connectivity index (χ0v) is 10.5. The third-order valence-electron chi connectivity index (χ3n) is 2.68. The topological polar surface area (TPSA) is 26.3 Å². The normalized spacial score (nSPS) is 10.3. The van der Waals surface area contributed by atoms with Gasteiger partial charge in [0, 0.05) is 0 Å². The van der Waals surface area contributed by atoms with Gasteiger partial charge >= 0.3 is 5.97 Å². The van der Waals surface area contributed by atoms with Crippen LogP contribution >= 0.6 is 0 Å². The molecule has 0 aliphatic heterocycles. The predicted octanol–water partition coefficient (Wildman–Crippen LogP) is 3.80. The van der Waals surface area contributed by atoms with Gasteiger partial charge in [-0.1, -0.05) is 17.7 Å². The molecule has 0 radical (unpaired) electrons. The van der Waals surface area contributed by atoms with E-state index >= 15 is 0 Å². The molecule has 2 nitrogen and oxygen atoms in total. The second kappa shape index (κ2) is 5.18. The molecule has 2 rings (SSSR count). The first-order valence-corrected chi connectivity index (χ1v) is 5.72. The van der Waals surface area contributed by atoms with Crippen LogP contribution in [0, 0.1) is 25.5 Å². The van der Waals surface area contributed by atoms with Gasteiger partial charge in [-0.2, -0.15) is 0 Å². The Bertz CT molecular complexity index is 596. The molecule has 2 aromatic rings. The molecular weight excluding hydrogens is 250 g/mol. The van der Waals surface area contributed by atoms with Gasteiger partial charge in [-0.3, -0.25) is 0 Å². The monoisotopic (exact) mass is 262 g/mol. The van der Waals surface area contributed by atoms with Crippen molar-refractivity contribution >= 4 is 5.97 Å². The van der Waals surface area contributed by atoms with E-state index in [0.717, 1.165) is 11.6 Å². The van der Waals surface area contributed by atoms with Gasteiger partial charge in [0.2, 0.25) is 0 Å². The van der Waals surface area contributed by atoms with Crippen LogP contribution in [0.25, 0.3) is 0 Å². The van der Waals surface area contributed by atoms with E-state index in [-0.39, 0.29) is 11.1 Å². The second-order valence-corrected chi connectivity index (χ2v) is 4.29. The average Bonchev–Trinajstić information content (AvgIpc) is 2.38. The van der Waals surface area contributed by atoms with Gasteiger partial charge in [0.25, 0.3) is 0 Å². The molecular formula is C15H12F2O2. The first-order chi connectivity index (χ1) is 8.97. The molecule has 98 valence electrons. The molecule has 0 fully saturated rings. The van der Waals surface area contributed by atoms with Crippen LogP contribution in [0.5, 0.6) is 5.75 Å². The van der Waals surface area contributed by atoms with E-state index in [1.54, 1.807) is 24.3 Å². The summed E-state index contributed by atoms with van der Waals surface area (Å²) in [5.41, 5.74) is 1.08. The number of aryl methyl sites for hydroxylation is 2. The third kappa shape index (κ3) is 2.96. The standard InChI is InChI=1S/C15H12F2O2/c1-9-3-5-12(6-4-9)19-15(18)11-7-10(2)14(17)13(16)8-11/h3-8H,1-2H3. The maximum atomic E-state index is 13.2. The van der Waals surface area contributed by atoms with Crippen molar-refractivity contribution in [3.8, 4) is 5.75 Å². The van der Waals surface area contributed by atoms with Crippen molar-refractivity contribution < 1.29 is 18.3 Å². The fraction of sp³-hybridized carbons (Fsp3) is 0.133. The van der Waals surface area contributed by atoms with Crippen molar-refractivity contribution in [2.45, 2.75) is 13.8 Å². The van der Waals surface area contributed by atoms with Crippen molar-refractivity contribution in [3.63, 3.8) is 0 Å². The largest absolute Gasteiger partial charge is 0.423 e. The number of esters is 1. The quantitative estimate of drug-likeness (QED) is 0.607. The Hall–Kier alpha value is -2.23. The molecule has 0 spiro atoms. The molecule has 0 aliphatic carbocycles. The van der Waals surface area contributed by atoms with Crippen LogP contribution in [0.15, 0.2) is 36.4 Å². The van der Waals surface area contributed by atoms with E-state index in [4.69, 9.17) is 4.74 Å². The van der Waals surface area contributed by atoms with E-state index in [1.807, 2.05) is 6.92 Å². The summed E-state index contributed by atoms with van der Waals surface area (Å²) in [6.07, 6.45) is 0. The van der Waals surface area contributed by atoms with Crippen molar-refractivity contribution in [1.29, 1.82) is 0 Å². The molecule has 4 heteroatoms. The molecule has 0 atom stereocenters. The number of hydrogen-bond donors (Lipinski definition) is 0. The molecule has 0 aromatic heterocycles. The van der Waals surface area contributed by atoms with E-state index in [1.165, 1.54) is 13.0 Å². The lowest BCUT2D eigenvalue weighted by atomic mass is 10.1. The fourth-order valence-corrected chi connectivity index (χ4v) is 1.62. The minimum atomic E-state index is -1.06. The molecule has 0 heterocycles. The number of benzene rings is 2. The summed E-state index contributed by atoms with van der Waals surface area (Å²) in [4.78, 5) is 11.8. The highest BCUT2D eigenvalue weighted by atomic mass is 19.2. The van der Waals surface area contributed by atoms with Gasteiger partial charge < -0.3 is 4.74 Å². The molecule has 0 aliphatic rings.